The number of rotatable bonds is 6. The highest BCUT2D eigenvalue weighted by molar-refractivity contribution is 7.18. The van der Waals surface area contributed by atoms with E-state index in [1.54, 1.807) is 17.5 Å². The first kappa shape index (κ1) is 17.4. The zero-order valence-electron chi connectivity index (χ0n) is 15.0. The number of benzene rings is 2. The normalized spacial score (nSPS) is 12.2. The van der Waals surface area contributed by atoms with Crippen LogP contribution in [0.2, 0.25) is 0 Å². The van der Waals surface area contributed by atoms with Gasteiger partial charge in [0.25, 0.3) is 0 Å². The van der Waals surface area contributed by atoms with Crippen LogP contribution >= 0.6 is 11.3 Å². The Hall–Kier alpha value is -2.99. The molecule has 2 aromatic heterocycles. The highest BCUT2D eigenvalue weighted by Crippen LogP contribution is 2.26. The van der Waals surface area contributed by atoms with Gasteiger partial charge in [0, 0.05) is 30.9 Å². The number of fused-ring (bicyclic) bond motifs is 1. The van der Waals surface area contributed by atoms with Crippen molar-refractivity contribution >= 4 is 27.5 Å². The Morgan fingerprint density at radius 1 is 1.15 bits per heavy atom. The largest absolute Gasteiger partial charge is 0.347 e. The second kappa shape index (κ2) is 7.72. The molecular formula is C21H20N4OS. The van der Waals surface area contributed by atoms with Gasteiger partial charge in [-0.05, 0) is 19.1 Å². The van der Waals surface area contributed by atoms with Crippen LogP contribution in [-0.2, 0) is 11.3 Å². The number of aromatic nitrogens is 3. The minimum absolute atomic E-state index is 0.00877. The van der Waals surface area contributed by atoms with Crippen molar-refractivity contribution in [2.24, 2.45) is 0 Å². The number of aryl methyl sites for hydroxylation is 1. The second-order valence-corrected chi connectivity index (χ2v) is 7.43. The van der Waals surface area contributed by atoms with Gasteiger partial charge in [-0.15, -0.1) is 11.3 Å². The molecule has 1 atom stereocenters. The predicted molar refractivity (Wildman–Crippen MR) is 108 cm³/mol. The van der Waals surface area contributed by atoms with Crippen molar-refractivity contribution in [1.82, 2.24) is 19.9 Å². The van der Waals surface area contributed by atoms with E-state index in [9.17, 15) is 4.79 Å². The molecule has 0 aliphatic carbocycles. The van der Waals surface area contributed by atoms with Gasteiger partial charge in [-0.1, -0.05) is 42.5 Å². The van der Waals surface area contributed by atoms with Crippen LogP contribution in [0.15, 0.2) is 67.0 Å². The Labute approximate surface area is 161 Å². The van der Waals surface area contributed by atoms with Crippen molar-refractivity contribution < 1.29 is 4.79 Å². The number of nitrogens with one attached hydrogen (secondary N) is 1. The fourth-order valence-corrected chi connectivity index (χ4v) is 3.98. The third-order valence-corrected chi connectivity index (χ3v) is 5.60. The van der Waals surface area contributed by atoms with Gasteiger partial charge in [0.2, 0.25) is 5.91 Å². The molecule has 0 bridgehead atoms. The predicted octanol–water partition coefficient (Wildman–Crippen LogP) is 4.43. The SMILES string of the molecule is CC(NC(=O)CCn1ccnc1-c1ccccc1)c1nc2ccccc2s1. The summed E-state index contributed by atoms with van der Waals surface area (Å²) in [7, 11) is 0. The average molecular weight is 376 g/mol. The van der Waals surface area contributed by atoms with Crippen molar-refractivity contribution in [1.29, 1.82) is 0 Å². The van der Waals surface area contributed by atoms with Crippen molar-refractivity contribution in [2.75, 3.05) is 0 Å². The van der Waals surface area contributed by atoms with E-state index in [1.165, 1.54) is 0 Å². The standard InChI is InChI=1S/C21H20N4OS/c1-15(21-24-17-9-5-6-10-18(17)27-21)23-19(26)11-13-25-14-12-22-20(25)16-7-3-2-4-8-16/h2-10,12,14-15H,11,13H2,1H3,(H,23,26). The molecule has 1 amide bonds. The number of carbonyl (C=O) groups is 1. The van der Waals surface area contributed by atoms with Gasteiger partial charge >= 0.3 is 0 Å². The third kappa shape index (κ3) is 3.90. The second-order valence-electron chi connectivity index (χ2n) is 6.37. The maximum absolute atomic E-state index is 12.4. The number of nitrogens with zero attached hydrogens (tertiary/aromatic N) is 3. The molecule has 0 aliphatic rings. The Bertz CT molecular complexity index is 1020. The third-order valence-electron chi connectivity index (χ3n) is 4.39. The molecule has 4 rings (SSSR count). The minimum Gasteiger partial charge on any atom is -0.347 e. The lowest BCUT2D eigenvalue weighted by molar-refractivity contribution is -0.121. The van der Waals surface area contributed by atoms with Crippen LogP contribution < -0.4 is 5.32 Å². The van der Waals surface area contributed by atoms with Crippen molar-refractivity contribution in [3.63, 3.8) is 0 Å². The number of carbonyl (C=O) groups excluding carboxylic acids is 1. The Morgan fingerprint density at radius 2 is 1.93 bits per heavy atom. The van der Waals surface area contributed by atoms with E-state index in [1.807, 2.05) is 66.2 Å². The van der Waals surface area contributed by atoms with Crippen molar-refractivity contribution in [2.45, 2.75) is 25.9 Å². The van der Waals surface area contributed by atoms with Crippen LogP contribution in [0.3, 0.4) is 0 Å². The van der Waals surface area contributed by atoms with Crippen LogP contribution in [0.4, 0.5) is 0 Å². The Kier molecular flexibility index (Phi) is 4.98. The average Bonchev–Trinajstić information content (AvgIpc) is 3.34. The van der Waals surface area contributed by atoms with Crippen LogP contribution in [0.1, 0.15) is 24.4 Å². The zero-order valence-corrected chi connectivity index (χ0v) is 15.8. The summed E-state index contributed by atoms with van der Waals surface area (Å²) in [5.41, 5.74) is 2.02. The molecule has 6 heteroatoms. The van der Waals surface area contributed by atoms with Crippen LogP contribution in [-0.4, -0.2) is 20.4 Å². The van der Waals surface area contributed by atoms with Gasteiger partial charge in [0.05, 0.1) is 16.3 Å². The van der Waals surface area contributed by atoms with Crippen molar-refractivity contribution in [3.8, 4) is 11.4 Å². The van der Waals surface area contributed by atoms with Gasteiger partial charge < -0.3 is 9.88 Å². The first-order valence-electron chi connectivity index (χ1n) is 8.92. The van der Waals surface area contributed by atoms with E-state index < -0.39 is 0 Å². The van der Waals surface area contributed by atoms with E-state index in [4.69, 9.17) is 0 Å². The van der Waals surface area contributed by atoms with Gasteiger partial charge in [-0.3, -0.25) is 4.79 Å². The highest BCUT2D eigenvalue weighted by Gasteiger charge is 2.14. The fraction of sp³-hybridized carbons (Fsp3) is 0.190. The molecule has 0 saturated carbocycles. The summed E-state index contributed by atoms with van der Waals surface area (Å²) in [5.74, 6) is 0.886. The lowest BCUT2D eigenvalue weighted by Gasteiger charge is -2.12. The number of amides is 1. The number of hydrogen-bond donors (Lipinski definition) is 1. The van der Waals surface area contributed by atoms with Gasteiger partial charge in [-0.2, -0.15) is 0 Å². The summed E-state index contributed by atoms with van der Waals surface area (Å²) in [4.78, 5) is 21.5. The Morgan fingerprint density at radius 3 is 2.74 bits per heavy atom. The monoisotopic (exact) mass is 376 g/mol. The molecule has 1 unspecified atom stereocenters. The molecule has 0 aliphatic heterocycles. The zero-order chi connectivity index (χ0) is 18.6. The Balaban J connectivity index is 1.38. The quantitative estimate of drug-likeness (QED) is 0.542. The first-order valence-corrected chi connectivity index (χ1v) is 9.74. The molecule has 1 N–H and O–H groups in total. The summed E-state index contributed by atoms with van der Waals surface area (Å²) in [5, 5.41) is 3.98. The summed E-state index contributed by atoms with van der Waals surface area (Å²) in [6.07, 6.45) is 4.07. The van der Waals surface area contributed by atoms with E-state index in [-0.39, 0.29) is 11.9 Å². The van der Waals surface area contributed by atoms with Gasteiger partial charge in [0.15, 0.2) is 0 Å². The molecule has 0 spiro atoms. The lowest BCUT2D eigenvalue weighted by atomic mass is 10.2. The maximum Gasteiger partial charge on any atom is 0.222 e. The topological polar surface area (TPSA) is 59.8 Å². The summed E-state index contributed by atoms with van der Waals surface area (Å²) < 4.78 is 3.15. The first-order chi connectivity index (χ1) is 13.2. The van der Waals surface area contributed by atoms with Crippen LogP contribution in [0, 0.1) is 0 Å². The van der Waals surface area contributed by atoms with Gasteiger partial charge in [0.1, 0.15) is 10.8 Å². The van der Waals surface area contributed by atoms with E-state index in [0.29, 0.717) is 13.0 Å². The molecule has 0 fully saturated rings. The van der Waals surface area contributed by atoms with Gasteiger partial charge in [-0.25, -0.2) is 9.97 Å². The lowest BCUT2D eigenvalue weighted by Crippen LogP contribution is -2.27. The molecule has 27 heavy (non-hydrogen) atoms. The number of para-hydroxylation sites is 1. The fourth-order valence-electron chi connectivity index (χ4n) is 3.01. The smallest absolute Gasteiger partial charge is 0.222 e. The molecule has 5 nitrogen and oxygen atoms in total. The van der Waals surface area contributed by atoms with Crippen LogP contribution in [0.25, 0.3) is 21.6 Å². The maximum atomic E-state index is 12.4. The molecular weight excluding hydrogens is 356 g/mol. The van der Waals surface area contributed by atoms with Crippen molar-refractivity contribution in [3.05, 3.63) is 72.0 Å². The molecule has 2 aromatic carbocycles. The summed E-state index contributed by atoms with van der Waals surface area (Å²) >= 11 is 1.62. The molecule has 0 radical (unpaired) electrons. The van der Waals surface area contributed by atoms with E-state index in [0.717, 1.165) is 26.6 Å². The van der Waals surface area contributed by atoms with E-state index >= 15 is 0 Å². The number of hydrogen-bond acceptors (Lipinski definition) is 4. The van der Waals surface area contributed by atoms with E-state index in [2.05, 4.69) is 21.4 Å². The molecule has 2 heterocycles. The minimum atomic E-state index is -0.105. The van der Waals surface area contributed by atoms with Crippen LogP contribution in [0.5, 0.6) is 0 Å². The molecule has 4 aromatic rings. The highest BCUT2D eigenvalue weighted by atomic mass is 32.1. The molecule has 0 saturated heterocycles. The number of thiazole rings is 1. The number of imidazole rings is 1. The molecule has 136 valence electrons. The summed E-state index contributed by atoms with van der Waals surface area (Å²) in [6, 6.07) is 17.9. The summed E-state index contributed by atoms with van der Waals surface area (Å²) in [6.45, 7) is 2.56.